The minimum atomic E-state index is -0.725. The lowest BCUT2D eigenvalue weighted by Gasteiger charge is -2.29. The number of amides is 1. The number of imidazole rings is 1. The second-order valence-corrected chi connectivity index (χ2v) is 9.74. The molecule has 0 saturated carbocycles. The molecule has 3 N–H and O–H groups in total. The molecule has 1 fully saturated rings. The number of fused-ring (bicyclic) bond motifs is 1. The molecule has 1 saturated heterocycles. The summed E-state index contributed by atoms with van der Waals surface area (Å²) in [5.74, 6) is 0. The van der Waals surface area contributed by atoms with Crippen LogP contribution in [0.5, 0.6) is 0 Å². The lowest BCUT2D eigenvalue weighted by atomic mass is 10.1. The molecule has 0 spiro atoms. The van der Waals surface area contributed by atoms with Gasteiger partial charge in [0.2, 0.25) is 0 Å². The summed E-state index contributed by atoms with van der Waals surface area (Å²) in [7, 11) is 1.70. The van der Waals surface area contributed by atoms with E-state index >= 15 is 0 Å². The van der Waals surface area contributed by atoms with E-state index in [-0.39, 0.29) is 12.3 Å². The molecule has 0 unspecified atom stereocenters. The first-order chi connectivity index (χ1) is 17.1. The number of nitrogens with zero attached hydrogens (tertiary/aromatic N) is 5. The molecule has 0 aliphatic carbocycles. The number of rotatable bonds is 4. The first-order valence-electron chi connectivity index (χ1n) is 12.0. The molecule has 192 valence electrons. The molecule has 4 rings (SSSR count). The average Bonchev–Trinajstić information content (AvgIpc) is 3.08. The largest absolute Gasteiger partial charge is 0.444 e. The maximum Gasteiger partial charge on any atom is 0.405 e. The molecule has 0 atom stereocenters. The van der Waals surface area contributed by atoms with Gasteiger partial charge in [-0.1, -0.05) is 18.2 Å². The van der Waals surface area contributed by atoms with Crippen molar-refractivity contribution in [1.29, 1.82) is 5.26 Å². The second kappa shape index (κ2) is 11.3. The van der Waals surface area contributed by atoms with Gasteiger partial charge in [0, 0.05) is 20.1 Å². The van der Waals surface area contributed by atoms with Crippen LogP contribution in [0, 0.1) is 11.3 Å². The van der Waals surface area contributed by atoms with Crippen LogP contribution in [-0.4, -0.2) is 44.0 Å². The van der Waals surface area contributed by atoms with Crippen molar-refractivity contribution in [1.82, 2.24) is 14.1 Å². The predicted octanol–water partition coefficient (Wildman–Crippen LogP) is 3.02. The number of nitrogens with two attached hydrogens (primary N) is 1. The summed E-state index contributed by atoms with van der Waals surface area (Å²) in [5, 5.41) is 19.1. The van der Waals surface area contributed by atoms with Crippen LogP contribution in [0.15, 0.2) is 35.1 Å². The Labute approximate surface area is 210 Å². The van der Waals surface area contributed by atoms with Gasteiger partial charge in [-0.05, 0) is 57.7 Å². The zero-order chi connectivity index (χ0) is 26.5. The number of anilines is 1. The van der Waals surface area contributed by atoms with Gasteiger partial charge in [0.25, 0.3) is 0 Å². The molecule has 36 heavy (non-hydrogen) atoms. The van der Waals surface area contributed by atoms with Crippen LogP contribution in [0.2, 0.25) is 0 Å². The molecule has 1 aliphatic rings. The van der Waals surface area contributed by atoms with E-state index in [0.29, 0.717) is 23.4 Å². The van der Waals surface area contributed by atoms with Crippen molar-refractivity contribution in [2.75, 3.05) is 18.0 Å². The highest BCUT2D eigenvalue weighted by Crippen LogP contribution is 2.29. The Hall–Kier alpha value is -3.84. The van der Waals surface area contributed by atoms with Crippen molar-refractivity contribution in [2.24, 2.45) is 12.8 Å². The van der Waals surface area contributed by atoms with Crippen molar-refractivity contribution in [2.45, 2.75) is 58.8 Å². The number of ether oxygens (including phenoxy) is 1. The van der Waals surface area contributed by atoms with Crippen LogP contribution in [0.4, 0.5) is 10.5 Å². The number of pyridine rings is 1. The van der Waals surface area contributed by atoms with Crippen LogP contribution in [0.1, 0.15) is 56.9 Å². The first-order valence-corrected chi connectivity index (χ1v) is 12.0. The number of hydrogen-bond acceptors (Lipinski definition) is 7. The standard InChI is InChI=1S/C21H23N5O2.C5H11NO2/c1-24-20-19(18(11-17(14-27)23-20)25-9-5-2-6-10-25)26(21(24)28)13-16-8-4-3-7-15(16)12-22;1-5(2,3)8-4(6)7/h3-4,7-8,11,27H,2,5-6,9-10,13-14H2,1H3;1-3H3,(H2,6,7). The fourth-order valence-corrected chi connectivity index (χ4v) is 4.27. The van der Waals surface area contributed by atoms with Crippen molar-refractivity contribution in [3.05, 3.63) is 57.6 Å². The summed E-state index contributed by atoms with van der Waals surface area (Å²) in [4.78, 5) is 29.9. The molecular formula is C26H34N6O4. The Morgan fingerprint density at radius 3 is 2.44 bits per heavy atom. The highest BCUT2D eigenvalue weighted by Gasteiger charge is 2.22. The maximum absolute atomic E-state index is 13.0. The Morgan fingerprint density at radius 2 is 1.89 bits per heavy atom. The predicted molar refractivity (Wildman–Crippen MR) is 138 cm³/mol. The van der Waals surface area contributed by atoms with E-state index in [1.54, 1.807) is 38.5 Å². The van der Waals surface area contributed by atoms with Gasteiger partial charge >= 0.3 is 11.8 Å². The number of nitriles is 1. The summed E-state index contributed by atoms with van der Waals surface area (Å²) in [6.45, 7) is 7.26. The number of benzene rings is 1. The number of carbonyl (C=O) groups excluding carboxylic acids is 1. The summed E-state index contributed by atoms with van der Waals surface area (Å²) in [6, 6.07) is 11.4. The van der Waals surface area contributed by atoms with Gasteiger partial charge in [-0.15, -0.1) is 0 Å². The van der Waals surface area contributed by atoms with Gasteiger partial charge in [-0.2, -0.15) is 5.26 Å². The average molecular weight is 495 g/mol. The van der Waals surface area contributed by atoms with Gasteiger partial charge in [0.1, 0.15) is 11.1 Å². The van der Waals surface area contributed by atoms with Gasteiger partial charge in [0.05, 0.1) is 36.2 Å². The summed E-state index contributed by atoms with van der Waals surface area (Å²) in [6.07, 6.45) is 2.69. The fraction of sp³-hybridized carbons (Fsp3) is 0.462. The van der Waals surface area contributed by atoms with Gasteiger partial charge < -0.3 is 20.5 Å². The summed E-state index contributed by atoms with van der Waals surface area (Å²) in [5.41, 5.74) is 8.26. The monoisotopic (exact) mass is 494 g/mol. The minimum absolute atomic E-state index is 0.173. The van der Waals surface area contributed by atoms with E-state index in [2.05, 4.69) is 20.7 Å². The number of aliphatic hydroxyl groups excluding tert-OH is 1. The van der Waals surface area contributed by atoms with E-state index in [1.807, 2.05) is 24.3 Å². The van der Waals surface area contributed by atoms with Crippen molar-refractivity contribution in [3.63, 3.8) is 0 Å². The molecule has 10 nitrogen and oxygen atoms in total. The number of carbonyl (C=O) groups is 1. The van der Waals surface area contributed by atoms with E-state index in [0.717, 1.165) is 42.7 Å². The number of aliphatic hydroxyl groups is 1. The zero-order valence-corrected chi connectivity index (χ0v) is 21.3. The SMILES string of the molecule is CC(C)(C)OC(N)=O.Cn1c(=O)n(Cc2ccccc2C#N)c2c(N3CCCCC3)cc(CO)nc21. The van der Waals surface area contributed by atoms with Crippen molar-refractivity contribution in [3.8, 4) is 6.07 Å². The van der Waals surface area contributed by atoms with E-state index < -0.39 is 11.7 Å². The molecular weight excluding hydrogens is 460 g/mol. The molecule has 1 aliphatic heterocycles. The maximum atomic E-state index is 13.0. The van der Waals surface area contributed by atoms with Gasteiger partial charge in [-0.3, -0.25) is 9.13 Å². The lowest BCUT2D eigenvalue weighted by molar-refractivity contribution is 0.0600. The Kier molecular flexibility index (Phi) is 8.37. The number of piperidine rings is 1. The van der Waals surface area contributed by atoms with Crippen LogP contribution in [0.3, 0.4) is 0 Å². The molecule has 10 heteroatoms. The van der Waals surface area contributed by atoms with E-state index in [9.17, 15) is 20.0 Å². The van der Waals surface area contributed by atoms with E-state index in [4.69, 9.17) is 5.73 Å². The lowest BCUT2D eigenvalue weighted by Crippen LogP contribution is -2.30. The van der Waals surface area contributed by atoms with Crippen LogP contribution in [0.25, 0.3) is 11.2 Å². The van der Waals surface area contributed by atoms with Crippen LogP contribution in [-0.2, 0) is 24.9 Å². The Bertz CT molecular complexity index is 1320. The molecule has 1 amide bonds. The van der Waals surface area contributed by atoms with Crippen LogP contribution < -0.4 is 16.3 Å². The number of primary amides is 1. The first kappa shape index (κ1) is 26.8. The third-order valence-corrected chi connectivity index (χ3v) is 5.84. The highest BCUT2D eigenvalue weighted by molar-refractivity contribution is 5.87. The normalized spacial score (nSPS) is 13.6. The minimum Gasteiger partial charge on any atom is -0.444 e. The second-order valence-electron chi connectivity index (χ2n) is 9.74. The molecule has 1 aromatic carbocycles. The van der Waals surface area contributed by atoms with Crippen molar-refractivity contribution < 1.29 is 14.6 Å². The van der Waals surface area contributed by atoms with Crippen molar-refractivity contribution >= 4 is 22.9 Å². The highest BCUT2D eigenvalue weighted by atomic mass is 16.6. The topological polar surface area (TPSA) is 139 Å². The number of aromatic nitrogens is 3. The molecule has 3 aromatic rings. The smallest absolute Gasteiger partial charge is 0.405 e. The molecule has 3 heterocycles. The number of aryl methyl sites for hydroxylation is 1. The zero-order valence-electron chi connectivity index (χ0n) is 21.3. The quantitative estimate of drug-likeness (QED) is 0.568. The van der Waals surface area contributed by atoms with Crippen LogP contribution >= 0.6 is 0 Å². The van der Waals surface area contributed by atoms with Gasteiger partial charge in [0.15, 0.2) is 5.65 Å². The third kappa shape index (κ3) is 6.23. The molecule has 0 bridgehead atoms. The number of hydrogen-bond donors (Lipinski definition) is 2. The Balaban J connectivity index is 0.000000392. The third-order valence-electron chi connectivity index (χ3n) is 5.84. The van der Waals surface area contributed by atoms with E-state index in [1.165, 1.54) is 11.0 Å². The van der Waals surface area contributed by atoms with Gasteiger partial charge in [-0.25, -0.2) is 14.6 Å². The summed E-state index contributed by atoms with van der Waals surface area (Å²) >= 11 is 0. The Morgan fingerprint density at radius 1 is 1.22 bits per heavy atom. The summed E-state index contributed by atoms with van der Waals surface area (Å²) < 4.78 is 7.80. The molecule has 0 radical (unpaired) electrons. The fourth-order valence-electron chi connectivity index (χ4n) is 4.27. The molecule has 2 aromatic heterocycles.